The van der Waals surface area contributed by atoms with Gasteiger partial charge in [-0.15, -0.1) is 0 Å². The van der Waals surface area contributed by atoms with E-state index in [4.69, 9.17) is 4.74 Å². The van der Waals surface area contributed by atoms with E-state index in [0.717, 1.165) is 37.6 Å². The Hall–Kier alpha value is -1.09. The number of pyridine rings is 1. The highest BCUT2D eigenvalue weighted by atomic mass is 16.5. The first-order valence-corrected chi connectivity index (χ1v) is 7.16. The van der Waals surface area contributed by atoms with Gasteiger partial charge in [0.25, 0.3) is 0 Å². The third kappa shape index (κ3) is 7.16. The smallest absolute Gasteiger partial charge is 0.217 e. The van der Waals surface area contributed by atoms with Crippen LogP contribution in [0.1, 0.15) is 46.6 Å². The molecule has 0 aliphatic heterocycles. The molecule has 1 N–H and O–H groups in total. The Labute approximate surface area is 117 Å². The molecule has 0 aliphatic carbocycles. The van der Waals surface area contributed by atoms with Crippen LogP contribution in [-0.4, -0.2) is 18.1 Å². The van der Waals surface area contributed by atoms with E-state index in [1.54, 1.807) is 6.20 Å². The molecule has 0 fully saturated rings. The van der Waals surface area contributed by atoms with Crippen molar-refractivity contribution in [2.24, 2.45) is 11.3 Å². The summed E-state index contributed by atoms with van der Waals surface area (Å²) in [6.07, 6.45) is 2.82. The molecular weight excluding hydrogens is 236 g/mol. The number of hydrogen-bond acceptors (Lipinski definition) is 3. The fourth-order valence-electron chi connectivity index (χ4n) is 1.64. The molecule has 0 aliphatic rings. The van der Waals surface area contributed by atoms with Gasteiger partial charge in [0.05, 0.1) is 6.61 Å². The Bertz CT molecular complexity index is 369. The summed E-state index contributed by atoms with van der Waals surface area (Å²) in [5.74, 6) is 1.42. The third-order valence-corrected chi connectivity index (χ3v) is 2.81. The number of aromatic nitrogens is 1. The normalized spacial score (nSPS) is 11.9. The molecule has 0 spiro atoms. The van der Waals surface area contributed by atoms with Crippen molar-refractivity contribution in [3.8, 4) is 5.88 Å². The van der Waals surface area contributed by atoms with E-state index >= 15 is 0 Å². The monoisotopic (exact) mass is 264 g/mol. The topological polar surface area (TPSA) is 34.2 Å². The van der Waals surface area contributed by atoms with E-state index in [-0.39, 0.29) is 0 Å². The fraction of sp³-hybridized carbons (Fsp3) is 0.688. The van der Waals surface area contributed by atoms with Crippen molar-refractivity contribution in [2.45, 2.75) is 47.6 Å². The molecule has 1 aromatic heterocycles. The van der Waals surface area contributed by atoms with Gasteiger partial charge >= 0.3 is 0 Å². The second-order valence-corrected chi connectivity index (χ2v) is 6.65. The highest BCUT2D eigenvalue weighted by Crippen LogP contribution is 2.20. The molecular formula is C16H28N2O. The van der Waals surface area contributed by atoms with Crippen LogP contribution in [0.2, 0.25) is 0 Å². The summed E-state index contributed by atoms with van der Waals surface area (Å²) in [5, 5.41) is 3.43. The summed E-state index contributed by atoms with van der Waals surface area (Å²) < 4.78 is 5.82. The van der Waals surface area contributed by atoms with Crippen LogP contribution >= 0.6 is 0 Å². The van der Waals surface area contributed by atoms with Crippen LogP contribution in [0, 0.1) is 11.3 Å². The number of ether oxygens (including phenoxy) is 1. The number of hydrogen-bond donors (Lipinski definition) is 1. The van der Waals surface area contributed by atoms with Crippen LogP contribution in [0.15, 0.2) is 18.3 Å². The average Bonchev–Trinajstić information content (AvgIpc) is 2.29. The molecule has 0 unspecified atom stereocenters. The Morgan fingerprint density at radius 3 is 2.68 bits per heavy atom. The standard InChI is InChI=1S/C16H28N2O/c1-13(2)11-17-12-14-7-6-9-18-15(14)19-10-8-16(3,4)5/h6-7,9,13,17H,8,10-12H2,1-5H3. The summed E-state index contributed by atoms with van der Waals surface area (Å²) >= 11 is 0. The van der Waals surface area contributed by atoms with Crippen LogP contribution < -0.4 is 10.1 Å². The van der Waals surface area contributed by atoms with Gasteiger partial charge in [-0.05, 0) is 30.4 Å². The average molecular weight is 264 g/mol. The molecule has 0 atom stereocenters. The van der Waals surface area contributed by atoms with Gasteiger partial charge in [-0.1, -0.05) is 40.7 Å². The Kier molecular flexibility index (Phi) is 6.29. The van der Waals surface area contributed by atoms with Crippen molar-refractivity contribution in [3.05, 3.63) is 23.9 Å². The molecule has 3 nitrogen and oxygen atoms in total. The van der Waals surface area contributed by atoms with Crippen molar-refractivity contribution in [2.75, 3.05) is 13.2 Å². The van der Waals surface area contributed by atoms with Crippen LogP contribution in [-0.2, 0) is 6.54 Å². The molecule has 1 rings (SSSR count). The quantitative estimate of drug-likeness (QED) is 0.816. The van der Waals surface area contributed by atoms with Gasteiger partial charge in [-0.2, -0.15) is 0 Å². The predicted octanol–water partition coefficient (Wildman–Crippen LogP) is 3.64. The second kappa shape index (κ2) is 7.49. The predicted molar refractivity (Wildman–Crippen MR) is 80.3 cm³/mol. The third-order valence-electron chi connectivity index (χ3n) is 2.81. The minimum absolute atomic E-state index is 0.296. The largest absolute Gasteiger partial charge is 0.477 e. The van der Waals surface area contributed by atoms with Gasteiger partial charge in [-0.3, -0.25) is 0 Å². The molecule has 19 heavy (non-hydrogen) atoms. The summed E-state index contributed by atoms with van der Waals surface area (Å²) in [6.45, 7) is 13.6. The Morgan fingerprint density at radius 2 is 2.05 bits per heavy atom. The Balaban J connectivity index is 2.48. The lowest BCUT2D eigenvalue weighted by molar-refractivity contribution is 0.234. The van der Waals surface area contributed by atoms with Gasteiger partial charge < -0.3 is 10.1 Å². The van der Waals surface area contributed by atoms with E-state index in [2.05, 4.69) is 51.0 Å². The lowest BCUT2D eigenvalue weighted by atomic mass is 9.93. The SMILES string of the molecule is CC(C)CNCc1cccnc1OCCC(C)(C)C. The fourth-order valence-corrected chi connectivity index (χ4v) is 1.64. The zero-order valence-electron chi connectivity index (χ0n) is 13.0. The van der Waals surface area contributed by atoms with E-state index < -0.39 is 0 Å². The summed E-state index contributed by atoms with van der Waals surface area (Å²) in [6, 6.07) is 4.04. The number of nitrogens with zero attached hydrogens (tertiary/aromatic N) is 1. The van der Waals surface area contributed by atoms with E-state index in [9.17, 15) is 0 Å². The first kappa shape index (κ1) is 16.0. The highest BCUT2D eigenvalue weighted by molar-refractivity contribution is 5.25. The van der Waals surface area contributed by atoms with Crippen LogP contribution in [0.25, 0.3) is 0 Å². The molecule has 1 heterocycles. The van der Waals surface area contributed by atoms with Crippen molar-refractivity contribution in [3.63, 3.8) is 0 Å². The van der Waals surface area contributed by atoms with Gasteiger partial charge in [0, 0.05) is 18.3 Å². The molecule has 3 heteroatoms. The molecule has 108 valence electrons. The highest BCUT2D eigenvalue weighted by Gasteiger charge is 2.11. The van der Waals surface area contributed by atoms with Gasteiger partial charge in [0.1, 0.15) is 0 Å². The maximum atomic E-state index is 5.82. The van der Waals surface area contributed by atoms with Crippen molar-refractivity contribution >= 4 is 0 Å². The van der Waals surface area contributed by atoms with Crippen LogP contribution in [0.4, 0.5) is 0 Å². The van der Waals surface area contributed by atoms with Crippen molar-refractivity contribution in [1.82, 2.24) is 10.3 Å². The zero-order chi connectivity index (χ0) is 14.3. The van der Waals surface area contributed by atoms with Crippen molar-refractivity contribution in [1.29, 1.82) is 0 Å². The summed E-state index contributed by atoms with van der Waals surface area (Å²) in [7, 11) is 0. The van der Waals surface area contributed by atoms with Crippen molar-refractivity contribution < 1.29 is 4.74 Å². The molecule has 0 amide bonds. The minimum atomic E-state index is 0.296. The van der Waals surface area contributed by atoms with E-state index in [0.29, 0.717) is 11.3 Å². The molecule has 0 saturated heterocycles. The van der Waals surface area contributed by atoms with Gasteiger partial charge in [0.2, 0.25) is 5.88 Å². The lowest BCUT2D eigenvalue weighted by Crippen LogP contribution is -2.20. The zero-order valence-corrected chi connectivity index (χ0v) is 13.0. The lowest BCUT2D eigenvalue weighted by Gasteiger charge is -2.18. The maximum Gasteiger partial charge on any atom is 0.217 e. The maximum absolute atomic E-state index is 5.82. The minimum Gasteiger partial charge on any atom is -0.477 e. The number of nitrogens with one attached hydrogen (secondary N) is 1. The molecule has 0 radical (unpaired) electrons. The first-order valence-electron chi connectivity index (χ1n) is 7.16. The van der Waals surface area contributed by atoms with Gasteiger partial charge in [0.15, 0.2) is 0 Å². The first-order chi connectivity index (χ1) is 8.88. The van der Waals surface area contributed by atoms with Crippen LogP contribution in [0.5, 0.6) is 5.88 Å². The molecule has 0 saturated carbocycles. The summed E-state index contributed by atoms with van der Waals surface area (Å²) in [4.78, 5) is 4.33. The van der Waals surface area contributed by atoms with Gasteiger partial charge in [-0.25, -0.2) is 4.98 Å². The second-order valence-electron chi connectivity index (χ2n) is 6.65. The van der Waals surface area contributed by atoms with Crippen LogP contribution in [0.3, 0.4) is 0 Å². The Morgan fingerprint density at radius 1 is 1.32 bits per heavy atom. The summed E-state index contributed by atoms with van der Waals surface area (Å²) in [5.41, 5.74) is 1.43. The molecule has 0 aromatic carbocycles. The van der Waals surface area contributed by atoms with E-state index in [1.165, 1.54) is 0 Å². The van der Waals surface area contributed by atoms with E-state index in [1.807, 2.05) is 6.07 Å². The number of rotatable bonds is 7. The molecule has 1 aromatic rings. The molecule has 0 bridgehead atoms.